The maximum Gasteiger partial charge on any atom is 0.272 e. The Labute approximate surface area is 145 Å². The minimum atomic E-state index is -0.266. The Hall–Kier alpha value is -2.72. The molecule has 1 aromatic heterocycles. The Morgan fingerprint density at radius 3 is 2.71 bits per heavy atom. The van der Waals surface area contributed by atoms with Gasteiger partial charge >= 0.3 is 0 Å². The first kappa shape index (κ1) is 16.1. The van der Waals surface area contributed by atoms with E-state index in [0.717, 1.165) is 22.2 Å². The van der Waals surface area contributed by atoms with Gasteiger partial charge in [0.05, 0.1) is 16.8 Å². The zero-order chi connectivity index (χ0) is 17.1. The summed E-state index contributed by atoms with van der Waals surface area (Å²) in [6, 6.07) is 16.7. The monoisotopic (exact) mass is 337 g/mol. The maximum atomic E-state index is 12.5. The molecule has 0 unspecified atom stereocenters. The van der Waals surface area contributed by atoms with E-state index in [1.54, 1.807) is 18.2 Å². The first-order valence-electron chi connectivity index (χ1n) is 7.51. The van der Waals surface area contributed by atoms with Gasteiger partial charge in [0.2, 0.25) is 0 Å². The summed E-state index contributed by atoms with van der Waals surface area (Å²) in [5, 5.41) is 5.62. The van der Waals surface area contributed by atoms with Crippen LogP contribution in [-0.2, 0) is 0 Å². The van der Waals surface area contributed by atoms with E-state index in [-0.39, 0.29) is 5.91 Å². The molecule has 3 aromatic rings. The van der Waals surface area contributed by atoms with Gasteiger partial charge in [-0.2, -0.15) is 5.10 Å². The van der Waals surface area contributed by atoms with Gasteiger partial charge in [0.25, 0.3) is 5.91 Å². The SMILES string of the molecule is C/C(=N\NC(=O)c1cc(C)nc2ccccc12)c1cccc(Cl)c1. The number of nitrogens with zero attached hydrogens (tertiary/aromatic N) is 2. The van der Waals surface area contributed by atoms with E-state index >= 15 is 0 Å². The summed E-state index contributed by atoms with van der Waals surface area (Å²) in [5.74, 6) is -0.266. The summed E-state index contributed by atoms with van der Waals surface area (Å²) in [7, 11) is 0. The van der Waals surface area contributed by atoms with Crippen molar-refractivity contribution in [2.24, 2.45) is 5.10 Å². The lowest BCUT2D eigenvalue weighted by Gasteiger charge is -2.07. The Kier molecular flexibility index (Phi) is 4.58. The molecule has 1 heterocycles. The van der Waals surface area contributed by atoms with Gasteiger partial charge in [-0.25, -0.2) is 5.43 Å². The van der Waals surface area contributed by atoms with Crippen LogP contribution < -0.4 is 5.43 Å². The van der Waals surface area contributed by atoms with Crippen molar-refractivity contribution in [1.29, 1.82) is 0 Å². The lowest BCUT2D eigenvalue weighted by atomic mass is 10.1. The highest BCUT2D eigenvalue weighted by atomic mass is 35.5. The van der Waals surface area contributed by atoms with Gasteiger partial charge in [-0.05, 0) is 43.7 Å². The summed E-state index contributed by atoms with van der Waals surface area (Å²) in [6.45, 7) is 3.69. The topological polar surface area (TPSA) is 54.4 Å². The number of fused-ring (bicyclic) bond motifs is 1. The van der Waals surface area contributed by atoms with E-state index in [0.29, 0.717) is 16.3 Å². The van der Waals surface area contributed by atoms with Gasteiger partial charge < -0.3 is 0 Å². The number of nitrogens with one attached hydrogen (secondary N) is 1. The molecule has 0 fully saturated rings. The molecule has 0 aliphatic rings. The standard InChI is InChI=1S/C19H16ClN3O/c1-12-10-17(16-8-3-4-9-18(16)21-12)19(24)23-22-13(2)14-6-5-7-15(20)11-14/h3-11H,1-2H3,(H,23,24)/b22-13+. The van der Waals surface area contributed by atoms with Crippen molar-refractivity contribution in [2.45, 2.75) is 13.8 Å². The molecule has 0 spiro atoms. The lowest BCUT2D eigenvalue weighted by Crippen LogP contribution is -2.20. The third-order valence-corrected chi connectivity index (χ3v) is 3.89. The van der Waals surface area contributed by atoms with Gasteiger partial charge in [-0.15, -0.1) is 0 Å². The van der Waals surface area contributed by atoms with Gasteiger partial charge in [-0.3, -0.25) is 9.78 Å². The van der Waals surface area contributed by atoms with Crippen LogP contribution in [0.3, 0.4) is 0 Å². The molecule has 0 radical (unpaired) electrons. The number of hydrazone groups is 1. The fourth-order valence-electron chi connectivity index (χ4n) is 2.47. The summed E-state index contributed by atoms with van der Waals surface area (Å²) in [6.07, 6.45) is 0. The minimum absolute atomic E-state index is 0.266. The molecule has 3 rings (SSSR count). The Balaban J connectivity index is 1.89. The molecule has 0 aliphatic heterocycles. The number of carbonyl (C=O) groups is 1. The summed E-state index contributed by atoms with van der Waals surface area (Å²) in [5.41, 5.74) is 6.29. The first-order chi connectivity index (χ1) is 11.5. The smallest absolute Gasteiger partial charge is 0.267 e. The minimum Gasteiger partial charge on any atom is -0.267 e. The van der Waals surface area contributed by atoms with E-state index in [2.05, 4.69) is 15.5 Å². The molecule has 0 bridgehead atoms. The summed E-state index contributed by atoms with van der Waals surface area (Å²) in [4.78, 5) is 17.0. The molecule has 0 atom stereocenters. The predicted molar refractivity (Wildman–Crippen MR) is 97.6 cm³/mol. The zero-order valence-corrected chi connectivity index (χ0v) is 14.1. The summed E-state index contributed by atoms with van der Waals surface area (Å²) < 4.78 is 0. The van der Waals surface area contributed by atoms with Crippen molar-refractivity contribution in [3.8, 4) is 0 Å². The van der Waals surface area contributed by atoms with E-state index in [1.165, 1.54) is 0 Å². The van der Waals surface area contributed by atoms with Crippen LogP contribution in [-0.4, -0.2) is 16.6 Å². The van der Waals surface area contributed by atoms with E-state index < -0.39 is 0 Å². The molecule has 120 valence electrons. The van der Waals surface area contributed by atoms with Crippen molar-refractivity contribution < 1.29 is 4.79 Å². The average molecular weight is 338 g/mol. The van der Waals surface area contributed by atoms with Crippen molar-refractivity contribution in [3.63, 3.8) is 0 Å². The number of amides is 1. The van der Waals surface area contributed by atoms with Crippen LogP contribution in [0.2, 0.25) is 5.02 Å². The molecule has 0 saturated heterocycles. The molecule has 0 saturated carbocycles. The van der Waals surface area contributed by atoms with Gasteiger partial charge in [0, 0.05) is 16.1 Å². The lowest BCUT2D eigenvalue weighted by molar-refractivity contribution is 0.0956. The molecule has 2 aromatic carbocycles. The number of hydrogen-bond acceptors (Lipinski definition) is 3. The number of aryl methyl sites for hydroxylation is 1. The fourth-order valence-corrected chi connectivity index (χ4v) is 2.66. The van der Waals surface area contributed by atoms with Crippen molar-refractivity contribution in [2.75, 3.05) is 0 Å². The number of carbonyl (C=O) groups excluding carboxylic acids is 1. The molecule has 1 amide bonds. The molecule has 1 N–H and O–H groups in total. The largest absolute Gasteiger partial charge is 0.272 e. The number of aromatic nitrogens is 1. The van der Waals surface area contributed by atoms with E-state index in [4.69, 9.17) is 11.6 Å². The normalized spacial score (nSPS) is 11.5. The molecule has 5 heteroatoms. The Morgan fingerprint density at radius 2 is 1.92 bits per heavy atom. The maximum absolute atomic E-state index is 12.5. The molecular weight excluding hydrogens is 322 g/mol. The van der Waals surface area contributed by atoms with Gasteiger partial charge in [0.15, 0.2) is 0 Å². The predicted octanol–water partition coefficient (Wildman–Crippen LogP) is 4.35. The quantitative estimate of drug-likeness (QED) is 0.570. The number of para-hydroxylation sites is 1. The third-order valence-electron chi connectivity index (χ3n) is 3.66. The number of rotatable bonds is 3. The van der Waals surface area contributed by atoms with Crippen LogP contribution in [0.5, 0.6) is 0 Å². The second-order valence-electron chi connectivity index (χ2n) is 5.48. The van der Waals surface area contributed by atoms with Crippen molar-refractivity contribution in [3.05, 3.63) is 76.4 Å². The van der Waals surface area contributed by atoms with Crippen LogP contribution in [0.4, 0.5) is 0 Å². The highest BCUT2D eigenvalue weighted by Crippen LogP contribution is 2.18. The van der Waals surface area contributed by atoms with E-state index in [1.807, 2.05) is 50.2 Å². The van der Waals surface area contributed by atoms with Crippen LogP contribution in [0.15, 0.2) is 59.7 Å². The second-order valence-corrected chi connectivity index (χ2v) is 5.91. The van der Waals surface area contributed by atoms with E-state index in [9.17, 15) is 4.79 Å². The number of halogens is 1. The van der Waals surface area contributed by atoms with Crippen LogP contribution >= 0.6 is 11.6 Å². The third kappa shape index (κ3) is 3.44. The Morgan fingerprint density at radius 1 is 1.12 bits per heavy atom. The molecular formula is C19H16ClN3O. The van der Waals surface area contributed by atoms with Crippen molar-refractivity contribution >= 4 is 34.1 Å². The highest BCUT2D eigenvalue weighted by molar-refractivity contribution is 6.31. The number of benzene rings is 2. The second kappa shape index (κ2) is 6.81. The Bertz CT molecular complexity index is 950. The average Bonchev–Trinajstić information content (AvgIpc) is 2.58. The summed E-state index contributed by atoms with van der Waals surface area (Å²) >= 11 is 5.98. The number of pyridine rings is 1. The fraction of sp³-hybridized carbons (Fsp3) is 0.105. The molecule has 24 heavy (non-hydrogen) atoms. The van der Waals surface area contributed by atoms with Gasteiger partial charge in [0.1, 0.15) is 0 Å². The zero-order valence-electron chi connectivity index (χ0n) is 13.4. The van der Waals surface area contributed by atoms with Crippen molar-refractivity contribution in [1.82, 2.24) is 10.4 Å². The van der Waals surface area contributed by atoms with Crippen LogP contribution in [0.1, 0.15) is 28.5 Å². The first-order valence-corrected chi connectivity index (χ1v) is 7.89. The van der Waals surface area contributed by atoms with Crippen LogP contribution in [0, 0.1) is 6.92 Å². The molecule has 0 aliphatic carbocycles. The number of hydrogen-bond donors (Lipinski definition) is 1. The molecule has 4 nitrogen and oxygen atoms in total. The van der Waals surface area contributed by atoms with Crippen LogP contribution in [0.25, 0.3) is 10.9 Å². The highest BCUT2D eigenvalue weighted by Gasteiger charge is 2.11. The van der Waals surface area contributed by atoms with Gasteiger partial charge in [-0.1, -0.05) is 41.9 Å².